The zero-order valence-corrected chi connectivity index (χ0v) is 6.74. The van der Waals surface area contributed by atoms with Crippen molar-refractivity contribution < 1.29 is 4.39 Å². The standard InChI is InChI=1S/C10H6FN2/c11-10-4-2-1-3-9(10)8-5-12-7-13-6-8/h2-7H. The second-order valence-corrected chi connectivity index (χ2v) is 2.53. The van der Waals surface area contributed by atoms with Crippen LogP contribution in [0.3, 0.4) is 0 Å². The van der Waals surface area contributed by atoms with Gasteiger partial charge in [0.25, 0.3) is 0 Å². The van der Waals surface area contributed by atoms with Crippen molar-refractivity contribution in [2.45, 2.75) is 0 Å². The summed E-state index contributed by atoms with van der Waals surface area (Å²) in [5.74, 6) is -0.284. The van der Waals surface area contributed by atoms with Crippen molar-refractivity contribution in [2.75, 3.05) is 0 Å². The minimum atomic E-state index is -0.284. The molecule has 0 unspecified atom stereocenters. The Labute approximate surface area is 75.1 Å². The van der Waals surface area contributed by atoms with Gasteiger partial charge in [-0.25, -0.2) is 14.4 Å². The van der Waals surface area contributed by atoms with E-state index in [9.17, 15) is 4.39 Å². The first kappa shape index (κ1) is 7.86. The van der Waals surface area contributed by atoms with Crippen LogP contribution in [0, 0.1) is 11.9 Å². The van der Waals surface area contributed by atoms with E-state index in [2.05, 4.69) is 16.0 Å². The lowest BCUT2D eigenvalue weighted by Gasteiger charge is -1.99. The van der Waals surface area contributed by atoms with Gasteiger partial charge in [0.05, 0.1) is 0 Å². The third-order valence-electron chi connectivity index (χ3n) is 1.68. The molecule has 63 valence electrons. The molecule has 2 nitrogen and oxygen atoms in total. The molecule has 0 aliphatic heterocycles. The normalized spacial score (nSPS) is 9.92. The second kappa shape index (κ2) is 3.31. The largest absolute Gasteiger partial charge is 0.244 e. The predicted molar refractivity (Wildman–Crippen MR) is 46.3 cm³/mol. The topological polar surface area (TPSA) is 25.8 Å². The molecule has 1 heterocycles. The third-order valence-corrected chi connectivity index (χ3v) is 1.68. The lowest BCUT2D eigenvalue weighted by Crippen LogP contribution is -1.85. The Balaban J connectivity index is 2.54. The lowest BCUT2D eigenvalue weighted by atomic mass is 10.1. The van der Waals surface area contributed by atoms with Gasteiger partial charge in [0.15, 0.2) is 0 Å². The summed E-state index contributed by atoms with van der Waals surface area (Å²) in [7, 11) is 0. The summed E-state index contributed by atoms with van der Waals surface area (Å²) >= 11 is 0. The van der Waals surface area contributed by atoms with E-state index in [1.165, 1.54) is 18.5 Å². The zero-order valence-electron chi connectivity index (χ0n) is 6.74. The number of rotatable bonds is 1. The third kappa shape index (κ3) is 1.54. The Hall–Kier alpha value is -1.77. The van der Waals surface area contributed by atoms with Gasteiger partial charge in [-0.1, -0.05) is 6.07 Å². The highest BCUT2D eigenvalue weighted by molar-refractivity contribution is 5.61. The minimum absolute atomic E-state index is 0.284. The van der Waals surface area contributed by atoms with Gasteiger partial charge in [-0.15, -0.1) is 0 Å². The SMILES string of the molecule is Fc1cc[c]cc1-c1cncnc1. The molecular formula is C10H6FN2. The summed E-state index contributed by atoms with van der Waals surface area (Å²) in [6, 6.07) is 7.28. The number of hydrogen-bond donors (Lipinski definition) is 0. The van der Waals surface area contributed by atoms with Crippen molar-refractivity contribution in [3.63, 3.8) is 0 Å². The molecule has 0 saturated carbocycles. The molecule has 13 heavy (non-hydrogen) atoms. The summed E-state index contributed by atoms with van der Waals surface area (Å²) in [6.45, 7) is 0. The highest BCUT2D eigenvalue weighted by Crippen LogP contribution is 2.19. The Bertz CT molecular complexity index is 401. The van der Waals surface area contributed by atoms with Crippen LogP contribution in [-0.4, -0.2) is 9.97 Å². The van der Waals surface area contributed by atoms with Crippen molar-refractivity contribution in [2.24, 2.45) is 0 Å². The fraction of sp³-hybridized carbons (Fsp3) is 0. The van der Waals surface area contributed by atoms with Crippen LogP contribution in [-0.2, 0) is 0 Å². The maximum atomic E-state index is 13.2. The highest BCUT2D eigenvalue weighted by Gasteiger charge is 2.02. The quantitative estimate of drug-likeness (QED) is 0.659. The average Bonchev–Trinajstić information content (AvgIpc) is 2.20. The van der Waals surface area contributed by atoms with Crippen LogP contribution >= 0.6 is 0 Å². The Kier molecular flexibility index (Phi) is 2.00. The van der Waals surface area contributed by atoms with Gasteiger partial charge in [0.2, 0.25) is 0 Å². The molecule has 0 bridgehead atoms. The van der Waals surface area contributed by atoms with E-state index in [1.807, 2.05) is 0 Å². The van der Waals surface area contributed by atoms with Crippen LogP contribution in [0.15, 0.2) is 36.9 Å². The minimum Gasteiger partial charge on any atom is -0.244 e. The molecule has 0 aliphatic carbocycles. The lowest BCUT2D eigenvalue weighted by molar-refractivity contribution is 0.631. The van der Waals surface area contributed by atoms with Gasteiger partial charge < -0.3 is 0 Å². The van der Waals surface area contributed by atoms with Gasteiger partial charge in [0.1, 0.15) is 12.1 Å². The van der Waals surface area contributed by atoms with Crippen LogP contribution in [0.4, 0.5) is 4.39 Å². The first-order chi connectivity index (χ1) is 6.38. The monoisotopic (exact) mass is 173 g/mol. The van der Waals surface area contributed by atoms with E-state index in [1.54, 1.807) is 18.5 Å². The molecule has 0 saturated heterocycles. The van der Waals surface area contributed by atoms with E-state index in [-0.39, 0.29) is 5.82 Å². The van der Waals surface area contributed by atoms with E-state index in [0.717, 1.165) is 0 Å². The molecule has 0 atom stereocenters. The molecule has 1 aromatic carbocycles. The summed E-state index contributed by atoms with van der Waals surface area (Å²) in [6.07, 6.45) is 4.55. The van der Waals surface area contributed by atoms with E-state index < -0.39 is 0 Å². The van der Waals surface area contributed by atoms with Gasteiger partial charge in [-0.05, 0) is 18.2 Å². The molecule has 0 amide bonds. The van der Waals surface area contributed by atoms with Crippen LogP contribution < -0.4 is 0 Å². The molecule has 0 aliphatic rings. The Morgan fingerprint density at radius 3 is 2.69 bits per heavy atom. The van der Waals surface area contributed by atoms with Crippen molar-refractivity contribution >= 4 is 0 Å². The summed E-state index contributed by atoms with van der Waals surface area (Å²) in [4.78, 5) is 7.62. The van der Waals surface area contributed by atoms with Gasteiger partial charge >= 0.3 is 0 Å². The number of benzene rings is 1. The molecule has 1 radical (unpaired) electrons. The van der Waals surface area contributed by atoms with Gasteiger partial charge in [-0.3, -0.25) is 0 Å². The van der Waals surface area contributed by atoms with Crippen LogP contribution in [0.25, 0.3) is 11.1 Å². The zero-order chi connectivity index (χ0) is 9.10. The molecule has 2 aromatic rings. The first-order valence-electron chi connectivity index (χ1n) is 3.79. The molecular weight excluding hydrogens is 167 g/mol. The maximum absolute atomic E-state index is 13.2. The molecule has 0 N–H and O–H groups in total. The Morgan fingerprint density at radius 2 is 2.00 bits per heavy atom. The van der Waals surface area contributed by atoms with Crippen molar-refractivity contribution in [1.82, 2.24) is 9.97 Å². The fourth-order valence-corrected chi connectivity index (χ4v) is 1.07. The second-order valence-electron chi connectivity index (χ2n) is 2.53. The van der Waals surface area contributed by atoms with E-state index in [0.29, 0.717) is 11.1 Å². The van der Waals surface area contributed by atoms with E-state index >= 15 is 0 Å². The van der Waals surface area contributed by atoms with Crippen molar-refractivity contribution in [3.05, 3.63) is 48.8 Å². The Morgan fingerprint density at radius 1 is 1.23 bits per heavy atom. The average molecular weight is 173 g/mol. The molecule has 2 rings (SSSR count). The predicted octanol–water partition coefficient (Wildman–Crippen LogP) is 2.08. The summed E-state index contributed by atoms with van der Waals surface area (Å²) < 4.78 is 13.2. The first-order valence-corrected chi connectivity index (χ1v) is 3.79. The van der Waals surface area contributed by atoms with Crippen molar-refractivity contribution in [1.29, 1.82) is 0 Å². The van der Waals surface area contributed by atoms with Gasteiger partial charge in [-0.2, -0.15) is 0 Å². The highest BCUT2D eigenvalue weighted by atomic mass is 19.1. The summed E-state index contributed by atoms with van der Waals surface area (Å²) in [5, 5.41) is 0. The molecule has 0 fully saturated rings. The molecule has 0 spiro atoms. The molecule has 1 aromatic heterocycles. The van der Waals surface area contributed by atoms with Crippen molar-refractivity contribution in [3.8, 4) is 11.1 Å². The van der Waals surface area contributed by atoms with Crippen LogP contribution in [0.5, 0.6) is 0 Å². The number of hydrogen-bond acceptors (Lipinski definition) is 2. The fourth-order valence-electron chi connectivity index (χ4n) is 1.07. The number of aromatic nitrogens is 2. The smallest absolute Gasteiger partial charge is 0.131 e. The summed E-state index contributed by atoms with van der Waals surface area (Å²) in [5.41, 5.74) is 1.14. The number of halogens is 1. The van der Waals surface area contributed by atoms with Gasteiger partial charge in [0, 0.05) is 23.5 Å². The van der Waals surface area contributed by atoms with E-state index in [4.69, 9.17) is 0 Å². The maximum Gasteiger partial charge on any atom is 0.131 e. The van der Waals surface area contributed by atoms with Crippen LogP contribution in [0.2, 0.25) is 0 Å². The number of nitrogens with zero attached hydrogens (tertiary/aromatic N) is 2. The van der Waals surface area contributed by atoms with Crippen LogP contribution in [0.1, 0.15) is 0 Å². The molecule has 3 heteroatoms.